The van der Waals surface area contributed by atoms with E-state index in [1.807, 2.05) is 50.2 Å². The Labute approximate surface area is 107 Å². The van der Waals surface area contributed by atoms with Gasteiger partial charge in [-0.25, -0.2) is 0 Å². The topological polar surface area (TPSA) is 61.3 Å². The molecule has 0 bridgehead atoms. The van der Waals surface area contributed by atoms with Gasteiger partial charge in [0.1, 0.15) is 5.75 Å². The molecule has 0 saturated carbocycles. The lowest BCUT2D eigenvalue weighted by molar-refractivity contribution is 0.342. The molecule has 0 radical (unpaired) electrons. The van der Waals surface area contributed by atoms with Gasteiger partial charge in [0.15, 0.2) is 0 Å². The molecule has 3 heteroatoms. The van der Waals surface area contributed by atoms with E-state index in [0.717, 1.165) is 28.1 Å². The van der Waals surface area contributed by atoms with Crippen LogP contribution in [0, 0.1) is 6.92 Å². The molecular formula is C15H18N2O. The predicted octanol–water partition coefficient (Wildman–Crippen LogP) is 3.23. The molecule has 2 rings (SSSR count). The molecule has 2 aromatic carbocycles. The minimum atomic E-state index is 0.606. The third kappa shape index (κ3) is 2.40. The summed E-state index contributed by atoms with van der Waals surface area (Å²) in [6.07, 6.45) is 0. The third-order valence-corrected chi connectivity index (χ3v) is 2.88. The molecule has 0 saturated heterocycles. The van der Waals surface area contributed by atoms with Crippen LogP contribution in [0.4, 0.5) is 11.4 Å². The maximum absolute atomic E-state index is 5.93. The van der Waals surface area contributed by atoms with Crippen molar-refractivity contribution in [2.45, 2.75) is 13.8 Å². The van der Waals surface area contributed by atoms with Crippen molar-refractivity contribution in [3.05, 3.63) is 42.0 Å². The standard InChI is InChI=1S/C15H18N2O/c1-3-18-15-9-13(10(2)8-14(15)17)11-4-6-12(16)7-5-11/h4-9H,3,16-17H2,1-2H3. The quantitative estimate of drug-likeness (QED) is 0.812. The van der Waals surface area contributed by atoms with Crippen LogP contribution in [0.3, 0.4) is 0 Å². The van der Waals surface area contributed by atoms with Gasteiger partial charge in [0, 0.05) is 5.69 Å². The van der Waals surface area contributed by atoms with Gasteiger partial charge >= 0.3 is 0 Å². The zero-order valence-electron chi connectivity index (χ0n) is 10.7. The first-order valence-corrected chi connectivity index (χ1v) is 6.00. The highest BCUT2D eigenvalue weighted by Gasteiger charge is 2.07. The van der Waals surface area contributed by atoms with Crippen LogP contribution in [-0.2, 0) is 0 Å². The molecule has 0 aliphatic heterocycles. The van der Waals surface area contributed by atoms with E-state index in [9.17, 15) is 0 Å². The fraction of sp³-hybridized carbons (Fsp3) is 0.200. The maximum Gasteiger partial charge on any atom is 0.142 e. The summed E-state index contributed by atoms with van der Waals surface area (Å²) in [6, 6.07) is 11.7. The van der Waals surface area contributed by atoms with Crippen molar-refractivity contribution in [1.82, 2.24) is 0 Å². The summed E-state index contributed by atoms with van der Waals surface area (Å²) in [5, 5.41) is 0. The zero-order valence-corrected chi connectivity index (χ0v) is 10.7. The van der Waals surface area contributed by atoms with Gasteiger partial charge in [-0.2, -0.15) is 0 Å². The van der Waals surface area contributed by atoms with Gasteiger partial charge in [-0.05, 0) is 54.8 Å². The molecule has 0 aromatic heterocycles. The third-order valence-electron chi connectivity index (χ3n) is 2.88. The number of nitrogen functional groups attached to an aromatic ring is 2. The molecule has 2 aromatic rings. The predicted molar refractivity (Wildman–Crippen MR) is 76.6 cm³/mol. The van der Waals surface area contributed by atoms with Gasteiger partial charge in [0.05, 0.1) is 12.3 Å². The van der Waals surface area contributed by atoms with E-state index in [4.69, 9.17) is 16.2 Å². The molecule has 18 heavy (non-hydrogen) atoms. The highest BCUT2D eigenvalue weighted by molar-refractivity contribution is 5.74. The Morgan fingerprint density at radius 3 is 2.33 bits per heavy atom. The van der Waals surface area contributed by atoms with E-state index in [-0.39, 0.29) is 0 Å². The Bertz CT molecular complexity index is 547. The maximum atomic E-state index is 5.93. The highest BCUT2D eigenvalue weighted by atomic mass is 16.5. The summed E-state index contributed by atoms with van der Waals surface area (Å²) >= 11 is 0. The van der Waals surface area contributed by atoms with Crippen molar-refractivity contribution in [2.75, 3.05) is 18.1 Å². The second-order valence-electron chi connectivity index (χ2n) is 4.26. The first kappa shape index (κ1) is 12.3. The van der Waals surface area contributed by atoms with Gasteiger partial charge in [0.2, 0.25) is 0 Å². The second kappa shape index (κ2) is 5.00. The van der Waals surface area contributed by atoms with E-state index in [1.165, 1.54) is 0 Å². The molecule has 0 heterocycles. The van der Waals surface area contributed by atoms with Crippen molar-refractivity contribution in [2.24, 2.45) is 0 Å². The average molecular weight is 242 g/mol. The normalized spacial score (nSPS) is 10.3. The number of rotatable bonds is 3. The molecule has 0 fully saturated rings. The molecule has 0 unspecified atom stereocenters. The minimum absolute atomic E-state index is 0.606. The minimum Gasteiger partial charge on any atom is -0.492 e. The molecule has 0 aliphatic rings. The fourth-order valence-electron chi connectivity index (χ4n) is 1.96. The Kier molecular flexibility index (Phi) is 3.42. The van der Waals surface area contributed by atoms with Crippen molar-refractivity contribution in [3.63, 3.8) is 0 Å². The zero-order chi connectivity index (χ0) is 13.1. The van der Waals surface area contributed by atoms with E-state index in [1.54, 1.807) is 0 Å². The number of anilines is 2. The summed E-state index contributed by atoms with van der Waals surface area (Å²) in [7, 11) is 0. The Morgan fingerprint density at radius 1 is 1.06 bits per heavy atom. The first-order valence-electron chi connectivity index (χ1n) is 6.00. The van der Waals surface area contributed by atoms with Crippen molar-refractivity contribution >= 4 is 11.4 Å². The monoisotopic (exact) mass is 242 g/mol. The van der Waals surface area contributed by atoms with E-state index < -0.39 is 0 Å². The number of hydrogen-bond acceptors (Lipinski definition) is 3. The summed E-state index contributed by atoms with van der Waals surface area (Å²) in [6.45, 7) is 4.59. The van der Waals surface area contributed by atoms with Crippen LogP contribution in [0.15, 0.2) is 36.4 Å². The second-order valence-corrected chi connectivity index (χ2v) is 4.26. The number of hydrogen-bond donors (Lipinski definition) is 2. The van der Waals surface area contributed by atoms with Gasteiger partial charge in [-0.1, -0.05) is 12.1 Å². The van der Waals surface area contributed by atoms with Crippen LogP contribution < -0.4 is 16.2 Å². The van der Waals surface area contributed by atoms with Crippen LogP contribution in [0.5, 0.6) is 5.75 Å². The number of aryl methyl sites for hydroxylation is 1. The number of nitrogens with two attached hydrogens (primary N) is 2. The van der Waals surface area contributed by atoms with Crippen LogP contribution in [-0.4, -0.2) is 6.61 Å². The van der Waals surface area contributed by atoms with Crippen LogP contribution >= 0.6 is 0 Å². The van der Waals surface area contributed by atoms with Crippen LogP contribution in [0.2, 0.25) is 0 Å². The molecule has 94 valence electrons. The summed E-state index contributed by atoms with van der Waals surface area (Å²) < 4.78 is 5.53. The van der Waals surface area contributed by atoms with E-state index in [2.05, 4.69) is 0 Å². The van der Waals surface area contributed by atoms with Crippen molar-refractivity contribution in [3.8, 4) is 16.9 Å². The first-order chi connectivity index (χ1) is 8.61. The summed E-state index contributed by atoms with van der Waals surface area (Å²) in [5.41, 5.74) is 16.4. The smallest absolute Gasteiger partial charge is 0.142 e. The SMILES string of the molecule is CCOc1cc(-c2ccc(N)cc2)c(C)cc1N. The van der Waals surface area contributed by atoms with Crippen molar-refractivity contribution in [1.29, 1.82) is 0 Å². The van der Waals surface area contributed by atoms with Crippen molar-refractivity contribution < 1.29 is 4.74 Å². The van der Waals surface area contributed by atoms with Crippen LogP contribution in [0.25, 0.3) is 11.1 Å². The fourth-order valence-corrected chi connectivity index (χ4v) is 1.96. The lowest BCUT2D eigenvalue weighted by Crippen LogP contribution is -1.98. The summed E-state index contributed by atoms with van der Waals surface area (Å²) in [5.74, 6) is 0.731. The Morgan fingerprint density at radius 2 is 1.72 bits per heavy atom. The van der Waals surface area contributed by atoms with Gasteiger partial charge < -0.3 is 16.2 Å². The van der Waals surface area contributed by atoms with E-state index in [0.29, 0.717) is 12.3 Å². The van der Waals surface area contributed by atoms with Gasteiger partial charge in [-0.3, -0.25) is 0 Å². The Hall–Kier alpha value is -2.16. The largest absolute Gasteiger partial charge is 0.492 e. The highest BCUT2D eigenvalue weighted by Crippen LogP contribution is 2.32. The lowest BCUT2D eigenvalue weighted by Gasteiger charge is -2.12. The van der Waals surface area contributed by atoms with Crippen LogP contribution in [0.1, 0.15) is 12.5 Å². The Balaban J connectivity index is 2.49. The van der Waals surface area contributed by atoms with Gasteiger partial charge in [-0.15, -0.1) is 0 Å². The average Bonchev–Trinajstić information content (AvgIpc) is 2.34. The van der Waals surface area contributed by atoms with Gasteiger partial charge in [0.25, 0.3) is 0 Å². The molecule has 0 spiro atoms. The molecule has 3 nitrogen and oxygen atoms in total. The molecule has 0 amide bonds. The number of ether oxygens (including phenoxy) is 1. The molecule has 0 aliphatic carbocycles. The molecule has 4 N–H and O–H groups in total. The number of benzene rings is 2. The van der Waals surface area contributed by atoms with E-state index >= 15 is 0 Å². The molecule has 0 atom stereocenters. The molecular weight excluding hydrogens is 224 g/mol. The summed E-state index contributed by atoms with van der Waals surface area (Å²) in [4.78, 5) is 0. The lowest BCUT2D eigenvalue weighted by atomic mass is 9.99.